The van der Waals surface area contributed by atoms with Crippen LogP contribution in [0.15, 0.2) is 11.6 Å². The lowest BCUT2D eigenvalue weighted by atomic mass is 9.23. The molecule has 1 radical (unpaired) electrons. The van der Waals surface area contributed by atoms with Crippen LogP contribution in [-0.4, -0.2) is 7.28 Å². The van der Waals surface area contributed by atoms with Crippen LogP contribution in [-0.2, 0) is 0 Å². The Morgan fingerprint density at radius 3 is 2.18 bits per heavy atom. The van der Waals surface area contributed by atoms with E-state index in [1.165, 1.54) is 77.0 Å². The SMILES string of the molecule is C[B]C12CCC3(C)C4CCCC5(C)CCCC(C)C5(CC)C4=CCC3C1(C)CCC(C)C2(C)C. The van der Waals surface area contributed by atoms with Crippen molar-refractivity contribution >= 4 is 7.28 Å². The molecule has 0 bridgehead atoms. The van der Waals surface area contributed by atoms with Gasteiger partial charge in [-0.3, -0.25) is 0 Å². The molecule has 4 saturated carbocycles. The molecule has 0 aromatic rings. The van der Waals surface area contributed by atoms with E-state index in [9.17, 15) is 0 Å². The fourth-order valence-electron chi connectivity index (χ4n) is 12.8. The maximum absolute atomic E-state index is 2.91. The number of hydrogen-bond donors (Lipinski definition) is 0. The summed E-state index contributed by atoms with van der Waals surface area (Å²) in [7, 11) is 2.72. The number of hydrogen-bond acceptors (Lipinski definition) is 0. The average Bonchev–Trinajstić information content (AvgIpc) is 2.92. The summed E-state index contributed by atoms with van der Waals surface area (Å²) in [6.07, 6.45) is 20.1. The molecule has 4 fully saturated rings. The van der Waals surface area contributed by atoms with Crippen molar-refractivity contribution in [2.24, 2.45) is 50.7 Å². The summed E-state index contributed by atoms with van der Waals surface area (Å²) in [4.78, 5) is 0. The first kappa shape index (κ1) is 25.5. The van der Waals surface area contributed by atoms with E-state index in [1.807, 2.05) is 5.57 Å². The standard InChI is InChI=1S/C33H56B/c1-10-32-24(3)13-11-18-29(32,6)19-12-14-25-26(32)15-16-27-30(25,7)21-22-33(34-9)28(4,5)23(2)17-20-31(27,33)8/h15,23-25,27H,10-14,16-22H2,1-9H3. The van der Waals surface area contributed by atoms with E-state index < -0.39 is 0 Å². The van der Waals surface area contributed by atoms with Gasteiger partial charge in [0.1, 0.15) is 7.28 Å². The van der Waals surface area contributed by atoms with Crippen LogP contribution < -0.4 is 0 Å². The van der Waals surface area contributed by atoms with Gasteiger partial charge in [0.25, 0.3) is 0 Å². The van der Waals surface area contributed by atoms with Crippen molar-refractivity contribution in [3.05, 3.63) is 11.6 Å². The van der Waals surface area contributed by atoms with Gasteiger partial charge in [-0.2, -0.15) is 0 Å². The summed E-state index contributed by atoms with van der Waals surface area (Å²) in [6.45, 7) is 23.7. The maximum atomic E-state index is 2.91. The van der Waals surface area contributed by atoms with Crippen LogP contribution in [0.5, 0.6) is 0 Å². The maximum Gasteiger partial charge on any atom is 0.115 e. The van der Waals surface area contributed by atoms with E-state index in [4.69, 9.17) is 0 Å². The van der Waals surface area contributed by atoms with Crippen LogP contribution in [0, 0.1) is 50.7 Å². The van der Waals surface area contributed by atoms with E-state index in [0.29, 0.717) is 32.4 Å². The van der Waals surface area contributed by atoms with Crippen LogP contribution in [0.1, 0.15) is 132 Å². The molecule has 0 N–H and O–H groups in total. The molecule has 0 aromatic carbocycles. The summed E-state index contributed by atoms with van der Waals surface area (Å²) in [5.74, 6) is 3.33. The second-order valence-corrected chi connectivity index (χ2v) is 15.4. The largest absolute Gasteiger partial charge is 0.115 e. The highest BCUT2D eigenvalue weighted by molar-refractivity contribution is 6.39. The van der Waals surface area contributed by atoms with Gasteiger partial charge >= 0.3 is 0 Å². The van der Waals surface area contributed by atoms with Crippen molar-refractivity contribution in [1.82, 2.24) is 0 Å². The zero-order valence-electron chi connectivity index (χ0n) is 24.4. The second-order valence-electron chi connectivity index (χ2n) is 15.4. The van der Waals surface area contributed by atoms with E-state index in [-0.39, 0.29) is 0 Å². The minimum Gasteiger partial charge on any atom is -0.0914 e. The van der Waals surface area contributed by atoms with Gasteiger partial charge in [0.2, 0.25) is 0 Å². The fraction of sp³-hybridized carbons (Fsp3) is 0.939. The van der Waals surface area contributed by atoms with Gasteiger partial charge in [-0.15, -0.1) is 0 Å². The molecule has 9 unspecified atom stereocenters. The zero-order chi connectivity index (χ0) is 24.8. The number of rotatable bonds is 2. The van der Waals surface area contributed by atoms with Crippen molar-refractivity contribution in [2.45, 2.75) is 145 Å². The van der Waals surface area contributed by atoms with E-state index in [2.05, 4.69) is 75.6 Å². The third-order valence-electron chi connectivity index (χ3n) is 14.9. The molecule has 0 spiro atoms. The van der Waals surface area contributed by atoms with Gasteiger partial charge in [0.05, 0.1) is 0 Å². The molecule has 0 amide bonds. The quantitative estimate of drug-likeness (QED) is 0.282. The average molecular weight is 464 g/mol. The number of allylic oxidation sites excluding steroid dienone is 2. The van der Waals surface area contributed by atoms with Crippen LogP contribution in [0.2, 0.25) is 12.1 Å². The molecular weight excluding hydrogens is 407 g/mol. The van der Waals surface area contributed by atoms with Crippen LogP contribution in [0.3, 0.4) is 0 Å². The first-order valence-corrected chi connectivity index (χ1v) is 15.4. The van der Waals surface area contributed by atoms with E-state index in [1.54, 1.807) is 0 Å². The smallest absolute Gasteiger partial charge is 0.0914 e. The highest BCUT2D eigenvalue weighted by Gasteiger charge is 2.70. The Hall–Kier alpha value is -0.195. The lowest BCUT2D eigenvalue weighted by Gasteiger charge is -2.73. The normalized spacial score (nSPS) is 54.4. The van der Waals surface area contributed by atoms with E-state index >= 15 is 0 Å². The van der Waals surface area contributed by atoms with Crippen molar-refractivity contribution in [3.63, 3.8) is 0 Å². The molecular formula is C33H56B. The predicted octanol–water partition coefficient (Wildman–Crippen LogP) is 10.1. The Balaban J connectivity index is 1.65. The lowest BCUT2D eigenvalue weighted by molar-refractivity contribution is -0.155. The third kappa shape index (κ3) is 2.75. The van der Waals surface area contributed by atoms with Gasteiger partial charge < -0.3 is 0 Å². The minimum absolute atomic E-state index is 0.382. The molecule has 9 atom stereocenters. The zero-order valence-corrected chi connectivity index (χ0v) is 24.4. The summed E-state index contributed by atoms with van der Waals surface area (Å²) in [5.41, 5.74) is 4.25. The molecule has 0 aromatic heterocycles. The van der Waals surface area contributed by atoms with E-state index in [0.717, 1.165) is 23.7 Å². The van der Waals surface area contributed by atoms with Gasteiger partial charge in [-0.05, 0) is 114 Å². The molecule has 191 valence electrons. The fourth-order valence-corrected chi connectivity index (χ4v) is 12.8. The summed E-state index contributed by atoms with van der Waals surface area (Å²) in [5, 5.41) is 0.382. The molecule has 0 heterocycles. The molecule has 0 aliphatic heterocycles. The Bertz CT molecular complexity index is 839. The molecule has 0 saturated heterocycles. The lowest BCUT2D eigenvalue weighted by Crippen LogP contribution is -2.64. The van der Waals surface area contributed by atoms with Crippen LogP contribution in [0.25, 0.3) is 0 Å². The Morgan fingerprint density at radius 1 is 0.853 bits per heavy atom. The molecule has 5 aliphatic carbocycles. The summed E-state index contributed by atoms with van der Waals surface area (Å²) < 4.78 is 0. The van der Waals surface area contributed by atoms with Gasteiger partial charge in [0.15, 0.2) is 0 Å². The molecule has 5 aliphatic rings. The van der Waals surface area contributed by atoms with Gasteiger partial charge in [-0.1, -0.05) is 93.1 Å². The third-order valence-corrected chi connectivity index (χ3v) is 14.9. The van der Waals surface area contributed by atoms with Gasteiger partial charge in [0, 0.05) is 0 Å². The predicted molar refractivity (Wildman–Crippen MR) is 149 cm³/mol. The Labute approximate surface area is 214 Å². The highest BCUT2D eigenvalue weighted by atomic mass is 14.7. The number of fused-ring (bicyclic) bond motifs is 7. The topological polar surface area (TPSA) is 0 Å². The molecule has 1 heteroatoms. The van der Waals surface area contributed by atoms with Crippen LogP contribution in [0.4, 0.5) is 0 Å². The monoisotopic (exact) mass is 463 g/mol. The first-order chi connectivity index (χ1) is 15.9. The van der Waals surface area contributed by atoms with Gasteiger partial charge in [-0.25, -0.2) is 0 Å². The summed E-state index contributed by atoms with van der Waals surface area (Å²) in [6, 6.07) is 0. The first-order valence-electron chi connectivity index (χ1n) is 15.4. The van der Waals surface area contributed by atoms with Crippen molar-refractivity contribution in [1.29, 1.82) is 0 Å². The highest BCUT2D eigenvalue weighted by Crippen LogP contribution is 2.80. The van der Waals surface area contributed by atoms with Crippen molar-refractivity contribution in [3.8, 4) is 0 Å². The minimum atomic E-state index is 0.382. The summed E-state index contributed by atoms with van der Waals surface area (Å²) >= 11 is 0. The molecule has 34 heavy (non-hydrogen) atoms. The molecule has 5 rings (SSSR count). The Kier molecular flexibility index (Phi) is 5.92. The molecule has 0 nitrogen and oxygen atoms in total. The van der Waals surface area contributed by atoms with Crippen LogP contribution >= 0.6 is 0 Å². The Morgan fingerprint density at radius 2 is 1.53 bits per heavy atom. The second kappa shape index (κ2) is 7.90. The van der Waals surface area contributed by atoms with Crippen molar-refractivity contribution in [2.75, 3.05) is 0 Å². The van der Waals surface area contributed by atoms with Crippen molar-refractivity contribution < 1.29 is 0 Å².